The van der Waals surface area contributed by atoms with Crippen molar-refractivity contribution in [3.05, 3.63) is 23.8 Å². The van der Waals surface area contributed by atoms with Gasteiger partial charge in [-0.2, -0.15) is 0 Å². The second-order valence-electron chi connectivity index (χ2n) is 4.48. The highest BCUT2D eigenvalue weighted by molar-refractivity contribution is 5.95. The fraction of sp³-hybridized carbons (Fsp3) is 0.500. The molecule has 0 aromatic carbocycles. The first-order chi connectivity index (χ1) is 6.90. The van der Waals surface area contributed by atoms with Crippen LogP contribution in [-0.4, -0.2) is 22.8 Å². The van der Waals surface area contributed by atoms with E-state index in [4.69, 9.17) is 4.74 Å². The number of hydrogen-bond acceptors (Lipinski definition) is 3. The number of carbonyl (C=O) groups excluding carboxylic acids is 2. The number of ketones is 2. The Kier molecular flexibility index (Phi) is 1.98. The first-order valence-electron chi connectivity index (χ1n) is 5.01. The van der Waals surface area contributed by atoms with Crippen LogP contribution in [0.5, 0.6) is 0 Å². The van der Waals surface area contributed by atoms with Gasteiger partial charge in [-0.1, -0.05) is 0 Å². The van der Waals surface area contributed by atoms with Crippen molar-refractivity contribution in [1.82, 2.24) is 0 Å². The third kappa shape index (κ3) is 1.38. The first-order valence-corrected chi connectivity index (χ1v) is 5.01. The summed E-state index contributed by atoms with van der Waals surface area (Å²) in [5, 5.41) is 0. The van der Waals surface area contributed by atoms with Gasteiger partial charge < -0.3 is 4.74 Å². The van der Waals surface area contributed by atoms with Crippen molar-refractivity contribution in [2.24, 2.45) is 0 Å². The molecule has 0 amide bonds. The Hall–Kier alpha value is -1.22. The van der Waals surface area contributed by atoms with E-state index in [2.05, 4.69) is 0 Å². The second kappa shape index (κ2) is 2.89. The predicted molar refractivity (Wildman–Crippen MR) is 55.4 cm³/mol. The highest BCUT2D eigenvalue weighted by Crippen LogP contribution is 2.57. The molecule has 0 bridgehead atoms. The molecule has 1 saturated heterocycles. The molecule has 2 aliphatic rings. The lowest BCUT2D eigenvalue weighted by Gasteiger charge is -2.17. The van der Waals surface area contributed by atoms with Crippen LogP contribution in [0, 0.1) is 0 Å². The van der Waals surface area contributed by atoms with Gasteiger partial charge in [0.25, 0.3) is 0 Å². The topological polar surface area (TPSA) is 46.7 Å². The van der Waals surface area contributed by atoms with Gasteiger partial charge >= 0.3 is 0 Å². The van der Waals surface area contributed by atoms with Crippen LogP contribution >= 0.6 is 0 Å². The van der Waals surface area contributed by atoms with Gasteiger partial charge in [0.1, 0.15) is 11.2 Å². The molecule has 2 rings (SSSR count). The molecule has 15 heavy (non-hydrogen) atoms. The molecule has 3 heteroatoms. The number of carbonyl (C=O) groups is 2. The van der Waals surface area contributed by atoms with Gasteiger partial charge in [-0.25, -0.2) is 0 Å². The van der Waals surface area contributed by atoms with E-state index in [0.29, 0.717) is 6.42 Å². The smallest absolute Gasteiger partial charge is 0.158 e. The van der Waals surface area contributed by atoms with Gasteiger partial charge in [-0.3, -0.25) is 9.59 Å². The SMILES string of the molecule is CC(=O)/C=C/[C@]12OC1(C)CC(=O)C=C2C. The number of fused-ring (bicyclic) bond motifs is 1. The zero-order valence-electron chi connectivity index (χ0n) is 9.16. The summed E-state index contributed by atoms with van der Waals surface area (Å²) < 4.78 is 5.66. The van der Waals surface area contributed by atoms with Crippen molar-refractivity contribution < 1.29 is 14.3 Å². The predicted octanol–water partition coefficient (Wildman–Crippen LogP) is 1.58. The lowest BCUT2D eigenvalue weighted by atomic mass is 9.79. The third-order valence-corrected chi connectivity index (χ3v) is 3.16. The Morgan fingerprint density at radius 2 is 2.27 bits per heavy atom. The minimum Gasteiger partial charge on any atom is -0.353 e. The summed E-state index contributed by atoms with van der Waals surface area (Å²) in [5.74, 6) is 0.0891. The fourth-order valence-corrected chi connectivity index (χ4v) is 2.30. The summed E-state index contributed by atoms with van der Waals surface area (Å²) in [7, 11) is 0. The van der Waals surface area contributed by atoms with E-state index in [1.807, 2.05) is 13.8 Å². The molecule has 1 aliphatic heterocycles. The standard InChI is InChI=1S/C12H14O3/c1-8-6-10(14)7-11(3)12(8,15-11)5-4-9(2)13/h4-6H,7H2,1-3H3/b5-4+/t11?,12-/m1/s1. The maximum atomic E-state index is 11.3. The van der Waals surface area contributed by atoms with Gasteiger partial charge in [-0.05, 0) is 44.6 Å². The van der Waals surface area contributed by atoms with Crippen LogP contribution in [0.2, 0.25) is 0 Å². The average molecular weight is 206 g/mol. The van der Waals surface area contributed by atoms with E-state index >= 15 is 0 Å². The molecule has 0 saturated carbocycles. The molecule has 3 nitrogen and oxygen atoms in total. The largest absolute Gasteiger partial charge is 0.353 e. The van der Waals surface area contributed by atoms with Gasteiger partial charge in [0.2, 0.25) is 0 Å². The van der Waals surface area contributed by atoms with E-state index < -0.39 is 11.2 Å². The highest BCUT2D eigenvalue weighted by Gasteiger charge is 2.68. The molecule has 1 aliphatic carbocycles. The molecule has 0 aromatic rings. The first kappa shape index (κ1) is 10.3. The molecule has 0 spiro atoms. The van der Waals surface area contributed by atoms with Gasteiger partial charge in [-0.15, -0.1) is 0 Å². The van der Waals surface area contributed by atoms with Gasteiger partial charge in [0.15, 0.2) is 11.6 Å². The van der Waals surface area contributed by atoms with Gasteiger partial charge in [0.05, 0.1) is 0 Å². The summed E-state index contributed by atoms with van der Waals surface area (Å²) in [4.78, 5) is 22.2. The lowest BCUT2D eigenvalue weighted by Crippen LogP contribution is -2.29. The highest BCUT2D eigenvalue weighted by atomic mass is 16.6. The molecule has 80 valence electrons. The van der Waals surface area contributed by atoms with Crippen LogP contribution in [0.25, 0.3) is 0 Å². The molecule has 1 fully saturated rings. The summed E-state index contributed by atoms with van der Waals surface area (Å²) in [6.45, 7) is 5.28. The van der Waals surface area contributed by atoms with Crippen LogP contribution < -0.4 is 0 Å². The zero-order chi connectivity index (χ0) is 11.3. The number of rotatable bonds is 2. The van der Waals surface area contributed by atoms with Crippen molar-refractivity contribution in [3.8, 4) is 0 Å². The monoisotopic (exact) mass is 206 g/mol. The maximum Gasteiger partial charge on any atom is 0.158 e. The van der Waals surface area contributed by atoms with E-state index in [9.17, 15) is 9.59 Å². The molecule has 2 atom stereocenters. The lowest BCUT2D eigenvalue weighted by molar-refractivity contribution is -0.115. The van der Waals surface area contributed by atoms with Crippen molar-refractivity contribution in [3.63, 3.8) is 0 Å². The Morgan fingerprint density at radius 3 is 2.80 bits per heavy atom. The summed E-state index contributed by atoms with van der Waals surface area (Å²) >= 11 is 0. The van der Waals surface area contributed by atoms with Crippen LogP contribution in [0.3, 0.4) is 0 Å². The minimum atomic E-state index is -0.507. The van der Waals surface area contributed by atoms with Crippen LogP contribution in [0.4, 0.5) is 0 Å². The van der Waals surface area contributed by atoms with Crippen molar-refractivity contribution in [2.75, 3.05) is 0 Å². The van der Waals surface area contributed by atoms with E-state index in [1.165, 1.54) is 13.0 Å². The van der Waals surface area contributed by atoms with Crippen molar-refractivity contribution in [2.45, 2.75) is 38.4 Å². The quantitative estimate of drug-likeness (QED) is 0.509. The van der Waals surface area contributed by atoms with Crippen LogP contribution in [0.1, 0.15) is 27.2 Å². The summed E-state index contributed by atoms with van der Waals surface area (Å²) in [6, 6.07) is 0. The Bertz CT molecular complexity index is 405. The molecule has 1 heterocycles. The molecular weight excluding hydrogens is 192 g/mol. The Balaban J connectivity index is 2.34. The zero-order valence-corrected chi connectivity index (χ0v) is 9.16. The number of ether oxygens (including phenoxy) is 1. The second-order valence-corrected chi connectivity index (χ2v) is 4.48. The molecule has 1 unspecified atom stereocenters. The molecule has 0 radical (unpaired) electrons. The number of epoxide rings is 1. The minimum absolute atomic E-state index is 0.00748. The number of allylic oxidation sites excluding steroid dienone is 2. The average Bonchev–Trinajstić information content (AvgIpc) is 2.68. The summed E-state index contributed by atoms with van der Waals surface area (Å²) in [5.41, 5.74) is -0.0553. The molecule has 0 N–H and O–H groups in total. The van der Waals surface area contributed by atoms with E-state index in [-0.39, 0.29) is 11.6 Å². The molecular formula is C12H14O3. The van der Waals surface area contributed by atoms with Crippen LogP contribution in [-0.2, 0) is 14.3 Å². The van der Waals surface area contributed by atoms with Crippen molar-refractivity contribution >= 4 is 11.6 Å². The summed E-state index contributed by atoms with van der Waals surface area (Å²) in [6.07, 6.45) is 5.29. The fourth-order valence-electron chi connectivity index (χ4n) is 2.30. The van der Waals surface area contributed by atoms with Crippen molar-refractivity contribution in [1.29, 1.82) is 0 Å². The maximum absolute atomic E-state index is 11.3. The normalized spacial score (nSPS) is 38.9. The van der Waals surface area contributed by atoms with E-state index in [1.54, 1.807) is 12.2 Å². The number of hydrogen-bond donors (Lipinski definition) is 0. The third-order valence-electron chi connectivity index (χ3n) is 3.16. The Labute approximate surface area is 88.8 Å². The molecule has 0 aromatic heterocycles. The van der Waals surface area contributed by atoms with Gasteiger partial charge in [0, 0.05) is 6.42 Å². The Morgan fingerprint density at radius 1 is 1.60 bits per heavy atom. The van der Waals surface area contributed by atoms with E-state index in [0.717, 1.165) is 5.57 Å². The van der Waals surface area contributed by atoms with Crippen LogP contribution in [0.15, 0.2) is 23.8 Å².